The molecule has 0 aliphatic rings. The molecule has 1 rings (SSSR count). The van der Waals surface area contributed by atoms with Gasteiger partial charge in [0.25, 0.3) is 0 Å². The number of nitrogens with zero attached hydrogens (tertiary/aromatic N) is 2. The first kappa shape index (κ1) is 12.1. The predicted octanol–water partition coefficient (Wildman–Crippen LogP) is 1.24. The van der Waals surface area contributed by atoms with E-state index >= 15 is 0 Å². The molecule has 15 heavy (non-hydrogen) atoms. The van der Waals surface area contributed by atoms with E-state index in [-0.39, 0.29) is 0 Å². The molecule has 5 nitrogen and oxygen atoms in total. The second kappa shape index (κ2) is 6.47. The first-order valence-corrected chi connectivity index (χ1v) is 6.20. The number of nitrogens with two attached hydrogens (primary N) is 1. The molecule has 0 unspecified atom stereocenters. The minimum atomic E-state index is 0.447. The van der Waals surface area contributed by atoms with Crippen molar-refractivity contribution in [3.8, 4) is 0 Å². The summed E-state index contributed by atoms with van der Waals surface area (Å²) >= 11 is 1.84. The normalized spacial score (nSPS) is 10.1. The van der Waals surface area contributed by atoms with Crippen molar-refractivity contribution in [2.45, 2.75) is 13.3 Å². The summed E-state index contributed by atoms with van der Waals surface area (Å²) in [6.45, 7) is 2.83. The maximum atomic E-state index is 5.26. The van der Waals surface area contributed by atoms with Gasteiger partial charge in [-0.05, 0) is 25.4 Å². The number of rotatable bonds is 6. The number of aryl methyl sites for hydroxylation is 1. The Kier molecular flexibility index (Phi) is 5.20. The minimum absolute atomic E-state index is 0.447. The van der Waals surface area contributed by atoms with Crippen LogP contribution in [-0.2, 0) is 0 Å². The monoisotopic (exact) mass is 227 g/mol. The molecule has 0 aliphatic heterocycles. The molecule has 0 spiro atoms. The number of anilines is 2. The van der Waals surface area contributed by atoms with Crippen molar-refractivity contribution in [1.82, 2.24) is 9.97 Å². The third kappa shape index (κ3) is 4.35. The summed E-state index contributed by atoms with van der Waals surface area (Å²) < 4.78 is 0. The first-order valence-electron chi connectivity index (χ1n) is 4.81. The average Bonchev–Trinajstić information content (AvgIpc) is 2.23. The fourth-order valence-electron chi connectivity index (χ4n) is 1.16. The molecule has 0 saturated heterocycles. The second-order valence-corrected chi connectivity index (χ2v) is 4.12. The van der Waals surface area contributed by atoms with Gasteiger partial charge in [0.1, 0.15) is 5.82 Å². The molecule has 0 atom stereocenters. The van der Waals surface area contributed by atoms with Crippen LogP contribution in [0.25, 0.3) is 0 Å². The quantitative estimate of drug-likeness (QED) is 0.385. The first-order chi connectivity index (χ1) is 7.26. The largest absolute Gasteiger partial charge is 0.370 e. The maximum absolute atomic E-state index is 5.26. The van der Waals surface area contributed by atoms with Crippen molar-refractivity contribution in [3.63, 3.8) is 0 Å². The van der Waals surface area contributed by atoms with Gasteiger partial charge in [0.15, 0.2) is 0 Å². The van der Waals surface area contributed by atoms with Crippen molar-refractivity contribution < 1.29 is 0 Å². The van der Waals surface area contributed by atoms with Gasteiger partial charge < -0.3 is 5.32 Å². The summed E-state index contributed by atoms with van der Waals surface area (Å²) in [7, 11) is 0. The molecule has 0 radical (unpaired) electrons. The third-order valence-corrected chi connectivity index (χ3v) is 2.51. The Balaban J connectivity index is 2.49. The second-order valence-electron chi connectivity index (χ2n) is 3.14. The van der Waals surface area contributed by atoms with Gasteiger partial charge >= 0.3 is 0 Å². The van der Waals surface area contributed by atoms with Crippen molar-refractivity contribution in [2.24, 2.45) is 5.84 Å². The number of nitrogen functional groups attached to an aromatic ring is 1. The van der Waals surface area contributed by atoms with E-state index in [0.717, 1.165) is 30.2 Å². The Morgan fingerprint density at radius 3 is 2.93 bits per heavy atom. The molecule has 0 amide bonds. The van der Waals surface area contributed by atoms with Crippen LogP contribution in [0.1, 0.15) is 12.1 Å². The van der Waals surface area contributed by atoms with Crippen LogP contribution in [0, 0.1) is 6.92 Å². The maximum Gasteiger partial charge on any atom is 0.239 e. The SMILES string of the molecule is CSCCCNc1cc(C)nc(NN)n1. The molecule has 0 aromatic carbocycles. The Hall–Kier alpha value is -1.01. The van der Waals surface area contributed by atoms with Crippen LogP contribution in [0.15, 0.2) is 6.07 Å². The van der Waals surface area contributed by atoms with Gasteiger partial charge in [0.2, 0.25) is 5.95 Å². The zero-order valence-corrected chi connectivity index (χ0v) is 9.90. The molecule has 1 aromatic rings. The fourth-order valence-corrected chi connectivity index (χ4v) is 1.59. The summed E-state index contributed by atoms with van der Waals surface area (Å²) in [4.78, 5) is 8.29. The molecule has 1 aromatic heterocycles. The molecule has 1 heterocycles. The molecule has 4 N–H and O–H groups in total. The lowest BCUT2D eigenvalue weighted by atomic mass is 10.4. The van der Waals surface area contributed by atoms with Crippen LogP contribution in [0.2, 0.25) is 0 Å². The molecular weight excluding hydrogens is 210 g/mol. The highest BCUT2D eigenvalue weighted by Crippen LogP contribution is 2.08. The molecule has 6 heteroatoms. The predicted molar refractivity (Wildman–Crippen MR) is 66.1 cm³/mol. The van der Waals surface area contributed by atoms with Gasteiger partial charge in [0, 0.05) is 18.3 Å². The smallest absolute Gasteiger partial charge is 0.239 e. The molecular formula is C9H17N5S. The molecule has 84 valence electrons. The van der Waals surface area contributed by atoms with Gasteiger partial charge in [-0.25, -0.2) is 10.8 Å². The van der Waals surface area contributed by atoms with Crippen LogP contribution in [0.5, 0.6) is 0 Å². The van der Waals surface area contributed by atoms with Crippen molar-refractivity contribution in [3.05, 3.63) is 11.8 Å². The topological polar surface area (TPSA) is 75.9 Å². The zero-order valence-electron chi connectivity index (χ0n) is 9.08. The van der Waals surface area contributed by atoms with E-state index in [4.69, 9.17) is 5.84 Å². The van der Waals surface area contributed by atoms with E-state index in [9.17, 15) is 0 Å². The van der Waals surface area contributed by atoms with Gasteiger partial charge in [-0.3, -0.25) is 5.43 Å². The number of thioether (sulfide) groups is 1. The molecule has 0 aliphatic carbocycles. The van der Waals surface area contributed by atoms with Crippen molar-refractivity contribution >= 4 is 23.5 Å². The minimum Gasteiger partial charge on any atom is -0.370 e. The highest BCUT2D eigenvalue weighted by Gasteiger charge is 1.99. The summed E-state index contributed by atoms with van der Waals surface area (Å²) in [6, 6.07) is 1.90. The zero-order chi connectivity index (χ0) is 11.1. The number of aromatic nitrogens is 2. The summed E-state index contributed by atoms with van der Waals surface area (Å²) in [5.74, 6) is 7.67. The summed E-state index contributed by atoms with van der Waals surface area (Å²) in [6.07, 6.45) is 3.22. The molecule has 0 bridgehead atoms. The Bertz CT molecular complexity index is 305. The lowest BCUT2D eigenvalue weighted by Gasteiger charge is -2.07. The van der Waals surface area contributed by atoms with Crippen LogP contribution < -0.4 is 16.6 Å². The summed E-state index contributed by atoms with van der Waals surface area (Å²) in [5.41, 5.74) is 3.34. The Labute approximate surface area is 94.2 Å². The van der Waals surface area contributed by atoms with Crippen LogP contribution in [-0.4, -0.2) is 28.5 Å². The van der Waals surface area contributed by atoms with Crippen LogP contribution >= 0.6 is 11.8 Å². The number of hydrazine groups is 1. The lowest BCUT2D eigenvalue weighted by molar-refractivity contribution is 0.970. The Morgan fingerprint density at radius 2 is 2.27 bits per heavy atom. The van der Waals surface area contributed by atoms with Gasteiger partial charge in [-0.15, -0.1) is 0 Å². The standard InChI is InChI=1S/C9H17N5S/c1-7-6-8(11-4-3-5-15-2)13-9(12-7)14-10/h6H,3-5,10H2,1-2H3,(H2,11,12,13,14). The molecule has 0 saturated carbocycles. The van der Waals surface area contributed by atoms with Crippen LogP contribution in [0.4, 0.5) is 11.8 Å². The average molecular weight is 227 g/mol. The lowest BCUT2D eigenvalue weighted by Crippen LogP contribution is -2.13. The number of hydrogen-bond acceptors (Lipinski definition) is 6. The van der Waals surface area contributed by atoms with E-state index in [0.29, 0.717) is 5.95 Å². The van der Waals surface area contributed by atoms with E-state index in [1.165, 1.54) is 0 Å². The Morgan fingerprint density at radius 1 is 1.47 bits per heavy atom. The van der Waals surface area contributed by atoms with Crippen molar-refractivity contribution in [2.75, 3.05) is 29.3 Å². The van der Waals surface area contributed by atoms with E-state index in [1.807, 2.05) is 24.8 Å². The van der Waals surface area contributed by atoms with Gasteiger partial charge in [-0.1, -0.05) is 0 Å². The van der Waals surface area contributed by atoms with E-state index < -0.39 is 0 Å². The number of hydrogen-bond donors (Lipinski definition) is 3. The fraction of sp³-hybridized carbons (Fsp3) is 0.556. The van der Waals surface area contributed by atoms with Gasteiger partial charge in [-0.2, -0.15) is 16.7 Å². The van der Waals surface area contributed by atoms with Gasteiger partial charge in [0.05, 0.1) is 0 Å². The van der Waals surface area contributed by atoms with Crippen molar-refractivity contribution in [1.29, 1.82) is 0 Å². The van der Waals surface area contributed by atoms with E-state index in [1.54, 1.807) is 0 Å². The summed E-state index contributed by atoms with van der Waals surface area (Å²) in [5, 5.41) is 3.24. The molecule has 0 fully saturated rings. The van der Waals surface area contributed by atoms with E-state index in [2.05, 4.69) is 27.0 Å². The number of nitrogens with one attached hydrogen (secondary N) is 2. The highest BCUT2D eigenvalue weighted by atomic mass is 32.2. The van der Waals surface area contributed by atoms with Crippen LogP contribution in [0.3, 0.4) is 0 Å². The third-order valence-electron chi connectivity index (χ3n) is 1.81. The highest BCUT2D eigenvalue weighted by molar-refractivity contribution is 7.98.